The molecular weight excluding hydrogens is 198 g/mol. The third kappa shape index (κ3) is 3.21. The highest BCUT2D eigenvalue weighted by Gasteiger charge is 2.29. The average molecular weight is 225 g/mol. The molecule has 2 nitrogen and oxygen atoms in total. The molecule has 16 heavy (non-hydrogen) atoms. The first kappa shape index (κ1) is 12.4. The Labute approximate surface area is 100 Å². The Kier molecular flexibility index (Phi) is 4.26. The number of hydrogen-bond acceptors (Lipinski definition) is 2. The Balaban J connectivity index is 1.76. The van der Waals surface area contributed by atoms with Crippen LogP contribution in [0, 0.1) is 11.8 Å². The summed E-state index contributed by atoms with van der Waals surface area (Å²) in [6.07, 6.45) is 8.11. The minimum atomic E-state index is 0.343. The lowest BCUT2D eigenvalue weighted by atomic mass is 9.79. The van der Waals surface area contributed by atoms with Gasteiger partial charge in [0, 0.05) is 18.8 Å². The minimum Gasteiger partial charge on any atom is -0.381 e. The lowest BCUT2D eigenvalue weighted by Crippen LogP contribution is -2.49. The second kappa shape index (κ2) is 5.50. The molecule has 94 valence electrons. The molecule has 2 atom stereocenters. The highest BCUT2D eigenvalue weighted by molar-refractivity contribution is 4.87. The van der Waals surface area contributed by atoms with Gasteiger partial charge in [0.15, 0.2) is 0 Å². The van der Waals surface area contributed by atoms with E-state index < -0.39 is 0 Å². The van der Waals surface area contributed by atoms with E-state index in [-0.39, 0.29) is 0 Å². The van der Waals surface area contributed by atoms with Gasteiger partial charge in [0.25, 0.3) is 0 Å². The van der Waals surface area contributed by atoms with Crippen molar-refractivity contribution in [3.8, 4) is 0 Å². The number of rotatable bonds is 3. The summed E-state index contributed by atoms with van der Waals surface area (Å²) < 4.78 is 5.44. The Morgan fingerprint density at radius 1 is 1.19 bits per heavy atom. The second-order valence-corrected chi connectivity index (χ2v) is 6.08. The fraction of sp³-hybridized carbons (Fsp3) is 1.00. The Hall–Kier alpha value is -0.0800. The summed E-state index contributed by atoms with van der Waals surface area (Å²) in [6, 6.07) is 0. The highest BCUT2D eigenvalue weighted by atomic mass is 16.5. The molecule has 2 heteroatoms. The van der Waals surface area contributed by atoms with E-state index in [2.05, 4.69) is 19.2 Å². The Morgan fingerprint density at radius 2 is 1.88 bits per heavy atom. The minimum absolute atomic E-state index is 0.343. The molecule has 0 aromatic heterocycles. The van der Waals surface area contributed by atoms with Crippen LogP contribution >= 0.6 is 0 Å². The van der Waals surface area contributed by atoms with Gasteiger partial charge in [-0.05, 0) is 44.6 Å². The van der Waals surface area contributed by atoms with Gasteiger partial charge in [-0.2, -0.15) is 0 Å². The summed E-state index contributed by atoms with van der Waals surface area (Å²) in [5, 5.41) is 3.82. The Bertz CT molecular complexity index is 211. The molecule has 1 N–H and O–H groups in total. The molecule has 1 saturated carbocycles. The summed E-state index contributed by atoms with van der Waals surface area (Å²) in [5.74, 6) is 1.83. The van der Waals surface area contributed by atoms with Crippen molar-refractivity contribution in [2.24, 2.45) is 11.8 Å². The maximum atomic E-state index is 5.44. The van der Waals surface area contributed by atoms with Crippen LogP contribution in [0.1, 0.15) is 52.4 Å². The summed E-state index contributed by atoms with van der Waals surface area (Å²) in [6.45, 7) is 7.88. The van der Waals surface area contributed by atoms with E-state index >= 15 is 0 Å². The van der Waals surface area contributed by atoms with Gasteiger partial charge in [-0.1, -0.05) is 26.2 Å². The van der Waals surface area contributed by atoms with Crippen molar-refractivity contribution in [1.29, 1.82) is 0 Å². The molecule has 0 spiro atoms. The molecule has 0 bridgehead atoms. The van der Waals surface area contributed by atoms with Crippen LogP contribution in [0.5, 0.6) is 0 Å². The summed E-state index contributed by atoms with van der Waals surface area (Å²) >= 11 is 0. The van der Waals surface area contributed by atoms with E-state index in [1.165, 1.54) is 45.1 Å². The van der Waals surface area contributed by atoms with Crippen molar-refractivity contribution in [2.75, 3.05) is 19.8 Å². The van der Waals surface area contributed by atoms with Gasteiger partial charge >= 0.3 is 0 Å². The molecule has 2 aliphatic rings. The van der Waals surface area contributed by atoms with Gasteiger partial charge in [-0.15, -0.1) is 0 Å². The first-order valence-corrected chi connectivity index (χ1v) is 7.02. The number of ether oxygens (including phenoxy) is 1. The fourth-order valence-corrected chi connectivity index (χ4v) is 3.07. The van der Waals surface area contributed by atoms with E-state index in [0.717, 1.165) is 25.0 Å². The molecule has 2 unspecified atom stereocenters. The van der Waals surface area contributed by atoms with E-state index in [1.807, 2.05) is 0 Å². The average Bonchev–Trinajstić information content (AvgIpc) is 2.29. The topological polar surface area (TPSA) is 21.3 Å². The number of nitrogens with one attached hydrogen (secondary N) is 1. The number of hydrogen-bond donors (Lipinski definition) is 1. The molecule has 1 aliphatic carbocycles. The van der Waals surface area contributed by atoms with Crippen molar-refractivity contribution < 1.29 is 4.74 Å². The standard InChI is InChI=1S/C14H27NO/c1-12-5-3-4-6-13(12)11-15-14(2)7-9-16-10-8-14/h12-13,15H,3-11H2,1-2H3. The molecule has 1 saturated heterocycles. The summed E-state index contributed by atoms with van der Waals surface area (Å²) in [4.78, 5) is 0. The van der Waals surface area contributed by atoms with E-state index in [9.17, 15) is 0 Å². The summed E-state index contributed by atoms with van der Waals surface area (Å²) in [7, 11) is 0. The monoisotopic (exact) mass is 225 g/mol. The van der Waals surface area contributed by atoms with Gasteiger partial charge < -0.3 is 10.1 Å². The second-order valence-electron chi connectivity index (χ2n) is 6.08. The molecule has 1 aliphatic heterocycles. The predicted octanol–water partition coefficient (Wildman–Crippen LogP) is 2.97. The third-order valence-electron chi connectivity index (χ3n) is 4.68. The van der Waals surface area contributed by atoms with Crippen LogP contribution < -0.4 is 5.32 Å². The van der Waals surface area contributed by atoms with Gasteiger partial charge in [0.1, 0.15) is 0 Å². The lowest BCUT2D eigenvalue weighted by molar-refractivity contribution is 0.0416. The largest absolute Gasteiger partial charge is 0.381 e. The quantitative estimate of drug-likeness (QED) is 0.797. The van der Waals surface area contributed by atoms with Crippen LogP contribution in [0.25, 0.3) is 0 Å². The maximum Gasteiger partial charge on any atom is 0.0483 e. The molecule has 2 rings (SSSR count). The lowest BCUT2D eigenvalue weighted by Gasteiger charge is -2.38. The molecule has 0 amide bonds. The normalized spacial score (nSPS) is 34.9. The van der Waals surface area contributed by atoms with Gasteiger partial charge in [-0.25, -0.2) is 0 Å². The van der Waals surface area contributed by atoms with Gasteiger partial charge in [0.05, 0.1) is 0 Å². The Morgan fingerprint density at radius 3 is 2.56 bits per heavy atom. The fourth-order valence-electron chi connectivity index (χ4n) is 3.07. The van der Waals surface area contributed by atoms with E-state index in [0.29, 0.717) is 5.54 Å². The zero-order valence-corrected chi connectivity index (χ0v) is 10.9. The van der Waals surface area contributed by atoms with Crippen molar-refractivity contribution in [3.05, 3.63) is 0 Å². The van der Waals surface area contributed by atoms with Crippen molar-refractivity contribution >= 4 is 0 Å². The first-order valence-electron chi connectivity index (χ1n) is 7.02. The molecule has 2 fully saturated rings. The van der Waals surface area contributed by atoms with Crippen LogP contribution in [0.2, 0.25) is 0 Å². The highest BCUT2D eigenvalue weighted by Crippen LogP contribution is 2.30. The van der Waals surface area contributed by atoms with Crippen LogP contribution in [0.4, 0.5) is 0 Å². The zero-order chi connectivity index (χ0) is 11.4. The first-order chi connectivity index (χ1) is 7.70. The van der Waals surface area contributed by atoms with Crippen molar-refractivity contribution in [1.82, 2.24) is 5.32 Å². The smallest absolute Gasteiger partial charge is 0.0483 e. The molecule has 0 radical (unpaired) electrons. The zero-order valence-electron chi connectivity index (χ0n) is 10.9. The van der Waals surface area contributed by atoms with Crippen LogP contribution in [0.15, 0.2) is 0 Å². The SMILES string of the molecule is CC1CCCCC1CNC1(C)CCOCC1. The molecule has 1 heterocycles. The van der Waals surface area contributed by atoms with Gasteiger partial charge in [0.2, 0.25) is 0 Å². The van der Waals surface area contributed by atoms with Crippen LogP contribution in [-0.4, -0.2) is 25.3 Å². The van der Waals surface area contributed by atoms with Crippen LogP contribution in [-0.2, 0) is 4.74 Å². The molecule has 0 aromatic rings. The predicted molar refractivity (Wildman–Crippen MR) is 67.6 cm³/mol. The maximum absolute atomic E-state index is 5.44. The molecule has 0 aromatic carbocycles. The van der Waals surface area contributed by atoms with Crippen molar-refractivity contribution in [2.45, 2.75) is 57.9 Å². The summed E-state index contributed by atoms with van der Waals surface area (Å²) in [5.41, 5.74) is 0.343. The van der Waals surface area contributed by atoms with E-state index in [1.54, 1.807) is 0 Å². The van der Waals surface area contributed by atoms with Gasteiger partial charge in [-0.3, -0.25) is 0 Å². The molecular formula is C14H27NO. The van der Waals surface area contributed by atoms with Crippen LogP contribution in [0.3, 0.4) is 0 Å². The van der Waals surface area contributed by atoms with Crippen molar-refractivity contribution in [3.63, 3.8) is 0 Å². The third-order valence-corrected chi connectivity index (χ3v) is 4.68. The van der Waals surface area contributed by atoms with E-state index in [4.69, 9.17) is 4.74 Å².